The highest BCUT2D eigenvalue weighted by molar-refractivity contribution is 6.29. The number of anilines is 1. The molecular formula is C18H21ClFN3O2. The van der Waals surface area contributed by atoms with Gasteiger partial charge in [0.05, 0.1) is 18.9 Å². The summed E-state index contributed by atoms with van der Waals surface area (Å²) < 4.78 is 18.7. The molecule has 1 fully saturated rings. The number of nitrogens with one attached hydrogen (secondary N) is 1. The molecule has 0 bridgehead atoms. The molecule has 0 amide bonds. The van der Waals surface area contributed by atoms with E-state index in [-0.39, 0.29) is 6.04 Å². The van der Waals surface area contributed by atoms with E-state index >= 15 is 0 Å². The fraction of sp³-hybridized carbons (Fsp3) is 0.444. The molecule has 2 aromatic heterocycles. The van der Waals surface area contributed by atoms with Crippen molar-refractivity contribution in [3.63, 3.8) is 0 Å². The van der Waals surface area contributed by atoms with Crippen LogP contribution in [0.25, 0.3) is 11.3 Å². The Morgan fingerprint density at radius 3 is 2.68 bits per heavy atom. The Kier molecular flexibility index (Phi) is 5.11. The van der Waals surface area contributed by atoms with Crippen molar-refractivity contribution in [3.8, 4) is 17.0 Å². The molecule has 0 unspecified atom stereocenters. The maximum Gasteiger partial charge on any atom is 0.148 e. The smallest absolute Gasteiger partial charge is 0.148 e. The quantitative estimate of drug-likeness (QED) is 0.800. The second-order valence-electron chi connectivity index (χ2n) is 6.67. The molecule has 134 valence electrons. The summed E-state index contributed by atoms with van der Waals surface area (Å²) in [4.78, 5) is 8.29. The van der Waals surface area contributed by atoms with Crippen molar-refractivity contribution >= 4 is 17.3 Å². The Bertz CT molecular complexity index is 760. The van der Waals surface area contributed by atoms with Gasteiger partial charge in [-0.3, -0.25) is 0 Å². The van der Waals surface area contributed by atoms with E-state index in [4.69, 9.17) is 16.3 Å². The first-order valence-electron chi connectivity index (χ1n) is 8.22. The second kappa shape index (κ2) is 7.14. The van der Waals surface area contributed by atoms with Crippen molar-refractivity contribution in [2.45, 2.75) is 44.2 Å². The third-order valence-electron chi connectivity index (χ3n) is 4.59. The number of hydrogen-bond acceptors (Lipinski definition) is 5. The molecule has 2 aromatic rings. The number of rotatable bonds is 4. The molecule has 0 aromatic carbocycles. The normalized spacial score (nSPS) is 23.3. The van der Waals surface area contributed by atoms with E-state index in [2.05, 4.69) is 15.3 Å². The number of pyridine rings is 2. The summed E-state index contributed by atoms with van der Waals surface area (Å²) in [5, 5.41) is 13.9. The largest absolute Gasteiger partial charge is 0.494 e. The Morgan fingerprint density at radius 1 is 1.28 bits per heavy atom. The Hall–Kier alpha value is -1.92. The molecule has 1 aliphatic rings. The molecule has 0 saturated heterocycles. The topological polar surface area (TPSA) is 67.3 Å². The standard InChI is InChI=1S/C18H21ClFN3O2/c1-18(24)5-3-12(4-6-18)23-14-8-16(19)21-10-13(14)17-15(25-2)7-11(20)9-22-17/h7-10,12,24H,3-6H2,1-2H3,(H,21,23). The summed E-state index contributed by atoms with van der Waals surface area (Å²) in [5.41, 5.74) is 1.36. The average molecular weight is 366 g/mol. The first kappa shape index (κ1) is 17.9. The van der Waals surface area contributed by atoms with Crippen LogP contribution in [0, 0.1) is 5.82 Å². The Balaban J connectivity index is 1.91. The Morgan fingerprint density at radius 2 is 2.00 bits per heavy atom. The van der Waals surface area contributed by atoms with E-state index < -0.39 is 11.4 Å². The maximum absolute atomic E-state index is 13.4. The van der Waals surface area contributed by atoms with Crippen LogP contribution in [0.4, 0.5) is 10.1 Å². The third kappa shape index (κ3) is 4.19. The number of aromatic nitrogens is 2. The van der Waals surface area contributed by atoms with Gasteiger partial charge in [-0.15, -0.1) is 0 Å². The number of halogens is 2. The molecule has 0 spiro atoms. The lowest BCUT2D eigenvalue weighted by Crippen LogP contribution is -2.35. The van der Waals surface area contributed by atoms with Crippen LogP contribution in [0.2, 0.25) is 5.15 Å². The van der Waals surface area contributed by atoms with Gasteiger partial charge >= 0.3 is 0 Å². The molecule has 0 atom stereocenters. The minimum atomic E-state index is -0.599. The lowest BCUT2D eigenvalue weighted by atomic mass is 9.83. The van der Waals surface area contributed by atoms with Crippen LogP contribution in [-0.2, 0) is 0 Å². The molecule has 2 heterocycles. The number of aliphatic hydroxyl groups is 1. The monoisotopic (exact) mass is 365 g/mol. The first-order chi connectivity index (χ1) is 11.9. The summed E-state index contributed by atoms with van der Waals surface area (Å²) in [5.74, 6) is -0.134. The SMILES string of the molecule is COc1cc(F)cnc1-c1cnc(Cl)cc1NC1CCC(C)(O)CC1. The molecule has 1 aliphatic carbocycles. The predicted molar refractivity (Wildman–Crippen MR) is 95.5 cm³/mol. The molecule has 2 N–H and O–H groups in total. The van der Waals surface area contributed by atoms with Crippen LogP contribution in [0.3, 0.4) is 0 Å². The second-order valence-corrected chi connectivity index (χ2v) is 7.06. The van der Waals surface area contributed by atoms with Crippen LogP contribution in [-0.4, -0.2) is 33.8 Å². The molecule has 7 heteroatoms. The van der Waals surface area contributed by atoms with E-state index in [1.165, 1.54) is 13.2 Å². The lowest BCUT2D eigenvalue weighted by molar-refractivity contribution is 0.0196. The fourth-order valence-electron chi connectivity index (χ4n) is 3.12. The van der Waals surface area contributed by atoms with Crippen LogP contribution in [0.5, 0.6) is 5.75 Å². The number of methoxy groups -OCH3 is 1. The molecular weight excluding hydrogens is 345 g/mol. The zero-order valence-electron chi connectivity index (χ0n) is 14.2. The molecule has 0 aliphatic heterocycles. The summed E-state index contributed by atoms with van der Waals surface area (Å²) in [6, 6.07) is 3.23. The van der Waals surface area contributed by atoms with Crippen molar-refractivity contribution in [1.29, 1.82) is 0 Å². The summed E-state index contributed by atoms with van der Waals surface area (Å²) in [7, 11) is 1.47. The molecule has 3 rings (SSSR count). The van der Waals surface area contributed by atoms with Gasteiger partial charge in [-0.05, 0) is 38.7 Å². The van der Waals surface area contributed by atoms with Gasteiger partial charge in [-0.1, -0.05) is 11.6 Å². The van der Waals surface area contributed by atoms with Gasteiger partial charge in [0.1, 0.15) is 22.4 Å². The van der Waals surface area contributed by atoms with Crippen molar-refractivity contribution in [2.75, 3.05) is 12.4 Å². The van der Waals surface area contributed by atoms with Gasteiger partial charge in [0, 0.05) is 29.6 Å². The first-order valence-corrected chi connectivity index (χ1v) is 8.60. The van der Waals surface area contributed by atoms with E-state index in [0.29, 0.717) is 22.2 Å². The molecule has 1 saturated carbocycles. The molecule has 25 heavy (non-hydrogen) atoms. The van der Waals surface area contributed by atoms with E-state index in [1.807, 2.05) is 6.92 Å². The summed E-state index contributed by atoms with van der Waals surface area (Å²) in [6.07, 6.45) is 5.91. The maximum atomic E-state index is 13.4. The van der Waals surface area contributed by atoms with Crippen LogP contribution in [0.1, 0.15) is 32.6 Å². The van der Waals surface area contributed by atoms with Gasteiger partial charge in [0.25, 0.3) is 0 Å². The highest BCUT2D eigenvalue weighted by Gasteiger charge is 2.29. The van der Waals surface area contributed by atoms with Gasteiger partial charge < -0.3 is 15.2 Å². The molecule has 0 radical (unpaired) electrons. The lowest BCUT2D eigenvalue weighted by Gasteiger charge is -2.34. The number of ether oxygens (including phenoxy) is 1. The van der Waals surface area contributed by atoms with E-state index in [0.717, 1.165) is 37.6 Å². The predicted octanol–water partition coefficient (Wildman–Crippen LogP) is 4.05. The summed E-state index contributed by atoms with van der Waals surface area (Å²) in [6.45, 7) is 1.87. The minimum Gasteiger partial charge on any atom is -0.494 e. The average Bonchev–Trinajstić information content (AvgIpc) is 2.57. The minimum absolute atomic E-state index is 0.212. The van der Waals surface area contributed by atoms with Crippen LogP contribution in [0.15, 0.2) is 24.5 Å². The Labute approximate surface area is 151 Å². The third-order valence-corrected chi connectivity index (χ3v) is 4.79. The summed E-state index contributed by atoms with van der Waals surface area (Å²) >= 11 is 6.06. The van der Waals surface area contributed by atoms with Gasteiger partial charge in [-0.25, -0.2) is 14.4 Å². The van der Waals surface area contributed by atoms with Crippen molar-refractivity contribution in [2.24, 2.45) is 0 Å². The highest BCUT2D eigenvalue weighted by Crippen LogP contribution is 2.36. The molecule has 5 nitrogen and oxygen atoms in total. The van der Waals surface area contributed by atoms with Crippen molar-refractivity contribution in [1.82, 2.24) is 9.97 Å². The fourth-order valence-corrected chi connectivity index (χ4v) is 3.28. The number of nitrogens with zero attached hydrogens (tertiary/aromatic N) is 2. The van der Waals surface area contributed by atoms with Crippen LogP contribution < -0.4 is 10.1 Å². The van der Waals surface area contributed by atoms with Crippen molar-refractivity contribution < 1.29 is 14.2 Å². The van der Waals surface area contributed by atoms with Crippen LogP contribution >= 0.6 is 11.6 Å². The van der Waals surface area contributed by atoms with Gasteiger partial charge in [0.2, 0.25) is 0 Å². The zero-order chi connectivity index (χ0) is 18.0. The highest BCUT2D eigenvalue weighted by atomic mass is 35.5. The number of hydrogen-bond donors (Lipinski definition) is 2. The van der Waals surface area contributed by atoms with Gasteiger partial charge in [0.15, 0.2) is 0 Å². The van der Waals surface area contributed by atoms with E-state index in [1.54, 1.807) is 12.3 Å². The van der Waals surface area contributed by atoms with Gasteiger partial charge in [-0.2, -0.15) is 0 Å². The zero-order valence-corrected chi connectivity index (χ0v) is 15.0. The van der Waals surface area contributed by atoms with Crippen molar-refractivity contribution in [3.05, 3.63) is 35.5 Å². The van der Waals surface area contributed by atoms with E-state index in [9.17, 15) is 9.50 Å².